The van der Waals surface area contributed by atoms with Crippen LogP contribution in [0.1, 0.15) is 5.69 Å². The van der Waals surface area contributed by atoms with Crippen molar-refractivity contribution in [2.24, 2.45) is 0 Å². The van der Waals surface area contributed by atoms with Crippen LogP contribution in [0, 0.1) is 0 Å². The summed E-state index contributed by atoms with van der Waals surface area (Å²) in [5.41, 5.74) is -0.115. The maximum Gasteiger partial charge on any atom is 0.394 e. The normalized spacial score (nSPS) is 11.3. The van der Waals surface area contributed by atoms with Crippen LogP contribution in [0.25, 0.3) is 0 Å². The molecule has 0 spiro atoms. The van der Waals surface area contributed by atoms with Crippen molar-refractivity contribution < 1.29 is 17.9 Å². The SMILES string of the molecule is FC(F)(F)Cc1cc(Oc2ncccn2)ccn1. The summed E-state index contributed by atoms with van der Waals surface area (Å²) < 4.78 is 41.8. The molecule has 0 fully saturated rings. The Hall–Kier alpha value is -2.18. The lowest BCUT2D eigenvalue weighted by atomic mass is 10.2. The third-order valence-corrected chi connectivity index (χ3v) is 1.92. The van der Waals surface area contributed by atoms with E-state index in [1.54, 1.807) is 6.07 Å². The fraction of sp³-hybridized carbons (Fsp3) is 0.182. The number of rotatable bonds is 3. The van der Waals surface area contributed by atoms with Crippen molar-refractivity contribution in [3.63, 3.8) is 0 Å². The molecule has 0 saturated carbocycles. The predicted molar refractivity (Wildman–Crippen MR) is 56.1 cm³/mol. The van der Waals surface area contributed by atoms with Gasteiger partial charge in [-0.1, -0.05) is 0 Å². The number of aromatic nitrogens is 3. The van der Waals surface area contributed by atoms with Crippen LogP contribution < -0.4 is 4.74 Å². The topological polar surface area (TPSA) is 47.9 Å². The van der Waals surface area contributed by atoms with Gasteiger partial charge in [0.1, 0.15) is 5.75 Å². The van der Waals surface area contributed by atoms with Crippen LogP contribution in [0.3, 0.4) is 0 Å². The zero-order chi connectivity index (χ0) is 13.0. The van der Waals surface area contributed by atoms with Crippen molar-refractivity contribution in [3.8, 4) is 11.8 Å². The molecule has 2 aromatic heterocycles. The number of halogens is 3. The van der Waals surface area contributed by atoms with Gasteiger partial charge in [-0.2, -0.15) is 13.2 Å². The first-order chi connectivity index (χ1) is 8.53. The minimum absolute atomic E-state index is 0.0710. The molecule has 0 bridgehead atoms. The molecular formula is C11H8F3N3O. The highest BCUT2D eigenvalue weighted by Crippen LogP contribution is 2.23. The molecule has 94 valence electrons. The molecule has 7 heteroatoms. The second-order valence-electron chi connectivity index (χ2n) is 3.41. The quantitative estimate of drug-likeness (QED) is 0.846. The van der Waals surface area contributed by atoms with Crippen molar-refractivity contribution in [1.29, 1.82) is 0 Å². The van der Waals surface area contributed by atoms with Crippen LogP contribution in [-0.4, -0.2) is 21.1 Å². The molecule has 0 amide bonds. The van der Waals surface area contributed by atoms with Gasteiger partial charge in [-0.05, 0) is 12.1 Å². The minimum atomic E-state index is -4.30. The van der Waals surface area contributed by atoms with E-state index in [-0.39, 0.29) is 17.5 Å². The van der Waals surface area contributed by atoms with Crippen molar-refractivity contribution in [1.82, 2.24) is 15.0 Å². The summed E-state index contributed by atoms with van der Waals surface area (Å²) in [5, 5.41) is 0. The Morgan fingerprint density at radius 1 is 1.06 bits per heavy atom. The molecule has 2 aromatic rings. The standard InChI is InChI=1S/C11H8F3N3O/c12-11(13,14)7-8-6-9(2-5-15-8)18-10-16-3-1-4-17-10/h1-6H,7H2. The summed E-state index contributed by atoms with van der Waals surface area (Å²) in [6.45, 7) is 0. The van der Waals surface area contributed by atoms with Crippen LogP contribution in [0.5, 0.6) is 11.8 Å². The van der Waals surface area contributed by atoms with Crippen LogP contribution >= 0.6 is 0 Å². The van der Waals surface area contributed by atoms with Gasteiger partial charge in [0.15, 0.2) is 0 Å². The monoisotopic (exact) mass is 255 g/mol. The van der Waals surface area contributed by atoms with E-state index in [1.165, 1.54) is 30.7 Å². The molecule has 0 aliphatic heterocycles. The Kier molecular flexibility index (Phi) is 3.40. The molecule has 2 rings (SSSR count). The number of pyridine rings is 1. The second kappa shape index (κ2) is 4.99. The fourth-order valence-electron chi connectivity index (χ4n) is 1.27. The van der Waals surface area contributed by atoms with E-state index in [9.17, 15) is 13.2 Å². The van der Waals surface area contributed by atoms with E-state index >= 15 is 0 Å². The summed E-state index contributed by atoms with van der Waals surface area (Å²) in [6.07, 6.45) is -1.20. The molecule has 0 aliphatic carbocycles. The van der Waals surface area contributed by atoms with Crippen molar-refractivity contribution in [2.75, 3.05) is 0 Å². The van der Waals surface area contributed by atoms with Gasteiger partial charge in [-0.15, -0.1) is 0 Å². The molecule has 2 heterocycles. The average molecular weight is 255 g/mol. The number of hydrogen-bond acceptors (Lipinski definition) is 4. The lowest BCUT2D eigenvalue weighted by molar-refractivity contribution is -0.127. The Morgan fingerprint density at radius 3 is 2.44 bits per heavy atom. The molecule has 0 unspecified atom stereocenters. The summed E-state index contributed by atoms with van der Waals surface area (Å²) in [5.74, 6) is 0.218. The first kappa shape index (κ1) is 12.3. The third-order valence-electron chi connectivity index (χ3n) is 1.92. The van der Waals surface area contributed by atoms with E-state index in [1.807, 2.05) is 0 Å². The van der Waals surface area contributed by atoms with E-state index in [2.05, 4.69) is 15.0 Å². The van der Waals surface area contributed by atoms with Gasteiger partial charge in [0, 0.05) is 24.7 Å². The lowest BCUT2D eigenvalue weighted by Crippen LogP contribution is -2.12. The van der Waals surface area contributed by atoms with Crippen molar-refractivity contribution in [3.05, 3.63) is 42.5 Å². The van der Waals surface area contributed by atoms with Crippen LogP contribution in [0.2, 0.25) is 0 Å². The first-order valence-electron chi connectivity index (χ1n) is 4.99. The number of hydrogen-bond donors (Lipinski definition) is 0. The van der Waals surface area contributed by atoms with E-state index in [0.717, 1.165) is 0 Å². The van der Waals surface area contributed by atoms with Crippen LogP contribution in [0.15, 0.2) is 36.8 Å². The van der Waals surface area contributed by atoms with Gasteiger partial charge >= 0.3 is 12.2 Å². The number of nitrogens with zero attached hydrogens (tertiary/aromatic N) is 3. The first-order valence-corrected chi connectivity index (χ1v) is 4.99. The largest absolute Gasteiger partial charge is 0.424 e. The van der Waals surface area contributed by atoms with Gasteiger partial charge in [0.25, 0.3) is 0 Å². The van der Waals surface area contributed by atoms with Gasteiger partial charge in [-0.25, -0.2) is 9.97 Å². The molecule has 0 radical (unpaired) electrons. The molecule has 0 saturated heterocycles. The van der Waals surface area contributed by atoms with Gasteiger partial charge in [-0.3, -0.25) is 4.98 Å². The Labute approximate surface area is 100 Å². The molecule has 4 nitrogen and oxygen atoms in total. The number of ether oxygens (including phenoxy) is 1. The summed E-state index contributed by atoms with van der Waals surface area (Å²) in [4.78, 5) is 11.2. The highest BCUT2D eigenvalue weighted by Gasteiger charge is 2.28. The fourth-order valence-corrected chi connectivity index (χ4v) is 1.27. The van der Waals surface area contributed by atoms with Crippen molar-refractivity contribution >= 4 is 0 Å². The highest BCUT2D eigenvalue weighted by atomic mass is 19.4. The lowest BCUT2D eigenvalue weighted by Gasteiger charge is -2.07. The second-order valence-corrected chi connectivity index (χ2v) is 3.41. The number of alkyl halides is 3. The van der Waals surface area contributed by atoms with Crippen LogP contribution in [-0.2, 0) is 6.42 Å². The smallest absolute Gasteiger partial charge is 0.394 e. The Balaban J connectivity index is 2.13. The summed E-state index contributed by atoms with van der Waals surface area (Å²) in [7, 11) is 0. The Morgan fingerprint density at radius 2 is 1.78 bits per heavy atom. The zero-order valence-electron chi connectivity index (χ0n) is 9.05. The van der Waals surface area contributed by atoms with Gasteiger partial charge < -0.3 is 4.74 Å². The maximum absolute atomic E-state index is 12.2. The maximum atomic E-state index is 12.2. The van der Waals surface area contributed by atoms with Crippen molar-refractivity contribution in [2.45, 2.75) is 12.6 Å². The Bertz CT molecular complexity index is 516. The molecular weight excluding hydrogens is 247 g/mol. The van der Waals surface area contributed by atoms with Crippen LogP contribution in [0.4, 0.5) is 13.2 Å². The van der Waals surface area contributed by atoms with E-state index in [0.29, 0.717) is 0 Å². The minimum Gasteiger partial charge on any atom is -0.424 e. The zero-order valence-corrected chi connectivity index (χ0v) is 9.05. The van der Waals surface area contributed by atoms with E-state index in [4.69, 9.17) is 4.74 Å². The molecule has 0 atom stereocenters. The summed E-state index contributed by atoms with van der Waals surface area (Å²) in [6, 6.07) is 4.33. The van der Waals surface area contributed by atoms with Gasteiger partial charge in [0.05, 0.1) is 12.1 Å². The third kappa shape index (κ3) is 3.69. The van der Waals surface area contributed by atoms with E-state index < -0.39 is 12.6 Å². The average Bonchev–Trinajstić information content (AvgIpc) is 2.28. The predicted octanol–water partition coefficient (Wildman–Crippen LogP) is 2.77. The molecule has 0 aromatic carbocycles. The molecule has 0 N–H and O–H groups in total. The molecule has 18 heavy (non-hydrogen) atoms. The highest BCUT2D eigenvalue weighted by molar-refractivity contribution is 5.25. The summed E-state index contributed by atoms with van der Waals surface area (Å²) >= 11 is 0. The molecule has 0 aliphatic rings. The van der Waals surface area contributed by atoms with Gasteiger partial charge in [0.2, 0.25) is 0 Å².